The van der Waals surface area contributed by atoms with Gasteiger partial charge in [-0.15, -0.1) is 0 Å². The van der Waals surface area contributed by atoms with Crippen molar-refractivity contribution in [2.75, 3.05) is 25.0 Å². The molecule has 0 fully saturated rings. The van der Waals surface area contributed by atoms with Crippen LogP contribution in [0.3, 0.4) is 0 Å². The van der Waals surface area contributed by atoms with Crippen molar-refractivity contribution in [3.05, 3.63) is 138 Å². The van der Waals surface area contributed by atoms with Crippen molar-refractivity contribution >= 4 is 11.6 Å². The van der Waals surface area contributed by atoms with Gasteiger partial charge in [-0.25, -0.2) is 4.98 Å². The maximum Gasteiger partial charge on any atom is 0.254 e. The van der Waals surface area contributed by atoms with Gasteiger partial charge in [-0.3, -0.25) is 14.7 Å². The van der Waals surface area contributed by atoms with Gasteiger partial charge in [0.15, 0.2) is 0 Å². The van der Waals surface area contributed by atoms with Gasteiger partial charge in [0, 0.05) is 55.9 Å². The summed E-state index contributed by atoms with van der Waals surface area (Å²) >= 11 is 0. The zero-order chi connectivity index (χ0) is 28.9. The van der Waals surface area contributed by atoms with E-state index in [1.54, 1.807) is 30.5 Å². The molecule has 1 aliphatic heterocycles. The van der Waals surface area contributed by atoms with Crippen LogP contribution in [0.5, 0.6) is 0 Å². The number of anilines is 1. The van der Waals surface area contributed by atoms with Crippen LogP contribution in [0.2, 0.25) is 0 Å². The molecule has 8 heteroatoms. The van der Waals surface area contributed by atoms with Gasteiger partial charge in [-0.05, 0) is 47.0 Å². The fourth-order valence-corrected chi connectivity index (χ4v) is 5.57. The summed E-state index contributed by atoms with van der Waals surface area (Å²) in [4.78, 5) is 31.4. The molecule has 1 amide bonds. The first kappa shape index (κ1) is 27.4. The Bertz CT molecular complexity index is 1620. The molecule has 3 heterocycles. The molecule has 212 valence electrons. The van der Waals surface area contributed by atoms with E-state index in [4.69, 9.17) is 0 Å². The highest BCUT2D eigenvalue weighted by Gasteiger charge is 2.28. The summed E-state index contributed by atoms with van der Waals surface area (Å²) in [6.07, 6.45) is 4.30. The van der Waals surface area contributed by atoms with Crippen LogP contribution in [0.25, 0.3) is 11.1 Å². The molecule has 2 N–H and O–H groups in total. The fraction of sp³-hybridized carbons (Fsp3) is 0.206. The summed E-state index contributed by atoms with van der Waals surface area (Å²) < 4.78 is 0. The number of fused-ring (bicyclic) bond motifs is 1. The van der Waals surface area contributed by atoms with Crippen molar-refractivity contribution in [2.24, 2.45) is 0 Å². The first-order valence-electron chi connectivity index (χ1n) is 14.1. The highest BCUT2D eigenvalue weighted by molar-refractivity contribution is 5.95. The Labute approximate surface area is 245 Å². The molecule has 3 aromatic carbocycles. The number of amides is 1. The summed E-state index contributed by atoms with van der Waals surface area (Å²) in [5, 5.41) is 11.8. The van der Waals surface area contributed by atoms with E-state index in [-0.39, 0.29) is 5.91 Å². The minimum atomic E-state index is -0.964. The number of pyridine rings is 1. The second-order valence-electron chi connectivity index (χ2n) is 10.6. The van der Waals surface area contributed by atoms with Crippen LogP contribution >= 0.6 is 0 Å². The van der Waals surface area contributed by atoms with E-state index in [9.17, 15) is 9.90 Å². The number of nitrogens with zero attached hydrogens (tertiary/aromatic N) is 5. The molecule has 0 saturated heterocycles. The van der Waals surface area contributed by atoms with E-state index in [0.717, 1.165) is 33.8 Å². The molecular formula is C34H34N6O2. The average molecular weight is 559 g/mol. The first-order valence-corrected chi connectivity index (χ1v) is 14.1. The third-order valence-electron chi connectivity index (χ3n) is 7.76. The highest BCUT2D eigenvalue weighted by Crippen LogP contribution is 2.34. The smallest absolute Gasteiger partial charge is 0.254 e. The Kier molecular flexibility index (Phi) is 8.07. The van der Waals surface area contributed by atoms with Crippen molar-refractivity contribution in [1.82, 2.24) is 24.8 Å². The molecule has 6 rings (SSSR count). The third-order valence-corrected chi connectivity index (χ3v) is 7.76. The summed E-state index contributed by atoms with van der Waals surface area (Å²) in [6.45, 7) is 2.89. The molecule has 0 radical (unpaired) electrons. The van der Waals surface area contributed by atoms with Crippen molar-refractivity contribution in [3.8, 4) is 11.1 Å². The van der Waals surface area contributed by atoms with E-state index in [1.807, 2.05) is 65.7 Å². The zero-order valence-electron chi connectivity index (χ0n) is 23.6. The zero-order valence-corrected chi connectivity index (χ0v) is 23.6. The first-order chi connectivity index (χ1) is 20.6. The molecule has 1 aliphatic rings. The Morgan fingerprint density at radius 1 is 0.976 bits per heavy atom. The van der Waals surface area contributed by atoms with Gasteiger partial charge >= 0.3 is 0 Å². The minimum Gasteiger partial charge on any atom is -0.374 e. The van der Waals surface area contributed by atoms with Crippen LogP contribution in [0.1, 0.15) is 39.1 Å². The lowest BCUT2D eigenvalue weighted by Gasteiger charge is -2.29. The predicted octanol–water partition coefficient (Wildman–Crippen LogP) is 5.26. The summed E-state index contributed by atoms with van der Waals surface area (Å²) in [5.74, 6) is -0.155. The number of benzene rings is 3. The molecule has 0 bridgehead atoms. The average Bonchev–Trinajstić information content (AvgIpc) is 3.49. The van der Waals surface area contributed by atoms with E-state index in [2.05, 4.69) is 50.2 Å². The van der Waals surface area contributed by atoms with Crippen molar-refractivity contribution in [2.45, 2.75) is 25.9 Å². The molecule has 0 spiro atoms. The van der Waals surface area contributed by atoms with Gasteiger partial charge in [-0.1, -0.05) is 60.7 Å². The fourth-order valence-electron chi connectivity index (χ4n) is 5.57. The second kappa shape index (κ2) is 12.4. The van der Waals surface area contributed by atoms with Crippen LogP contribution < -0.4 is 4.90 Å². The van der Waals surface area contributed by atoms with E-state index in [1.165, 1.54) is 0 Å². The van der Waals surface area contributed by atoms with Crippen LogP contribution in [0.4, 0.5) is 5.69 Å². The number of carbonyl (C=O) groups excluding carboxylic acids is 1. The number of nitrogens with one attached hydrogen (secondary N) is 1. The lowest BCUT2D eigenvalue weighted by Crippen LogP contribution is -2.35. The molecule has 2 aromatic heterocycles. The number of hydrogen-bond acceptors (Lipinski definition) is 6. The van der Waals surface area contributed by atoms with Gasteiger partial charge in [0.25, 0.3) is 5.91 Å². The molecule has 0 saturated carbocycles. The number of rotatable bonds is 8. The number of carbonyl (C=O) groups is 1. The molecule has 1 atom stereocenters. The van der Waals surface area contributed by atoms with Crippen LogP contribution in [-0.2, 0) is 19.6 Å². The van der Waals surface area contributed by atoms with Crippen LogP contribution in [-0.4, -0.2) is 55.9 Å². The predicted molar refractivity (Wildman–Crippen MR) is 163 cm³/mol. The van der Waals surface area contributed by atoms with Gasteiger partial charge in [0.1, 0.15) is 6.23 Å². The monoisotopic (exact) mass is 558 g/mol. The van der Waals surface area contributed by atoms with E-state index >= 15 is 0 Å². The van der Waals surface area contributed by atoms with Gasteiger partial charge in [-0.2, -0.15) is 0 Å². The Morgan fingerprint density at radius 2 is 1.79 bits per heavy atom. The van der Waals surface area contributed by atoms with Gasteiger partial charge in [0.05, 0.1) is 30.8 Å². The van der Waals surface area contributed by atoms with Crippen molar-refractivity contribution < 1.29 is 9.90 Å². The van der Waals surface area contributed by atoms with Gasteiger partial charge in [0.2, 0.25) is 0 Å². The largest absolute Gasteiger partial charge is 0.374 e. The number of aliphatic hydroxyl groups is 1. The normalized spacial score (nSPS) is 14.2. The SMILES string of the molecule is CN(Cc1ccccn1)C(=O)c1ccccc1C(O)N1CCN(Cc2cnc[nH]2)c2ccc(-c3ccccc3)cc2C1. The summed E-state index contributed by atoms with van der Waals surface area (Å²) in [5.41, 5.74) is 7.42. The lowest BCUT2D eigenvalue weighted by atomic mass is 10.0. The van der Waals surface area contributed by atoms with Crippen molar-refractivity contribution in [1.29, 1.82) is 0 Å². The van der Waals surface area contributed by atoms with E-state index in [0.29, 0.717) is 43.9 Å². The van der Waals surface area contributed by atoms with Gasteiger partial charge < -0.3 is 19.9 Å². The van der Waals surface area contributed by atoms with Crippen LogP contribution in [0, 0.1) is 0 Å². The minimum absolute atomic E-state index is 0.155. The number of imidazole rings is 1. The van der Waals surface area contributed by atoms with E-state index < -0.39 is 6.23 Å². The highest BCUT2D eigenvalue weighted by atomic mass is 16.3. The second-order valence-corrected chi connectivity index (χ2v) is 10.6. The molecule has 8 nitrogen and oxygen atoms in total. The molecule has 0 aliphatic carbocycles. The number of aromatic nitrogens is 3. The molecule has 1 unspecified atom stereocenters. The maximum absolute atomic E-state index is 13.6. The Balaban J connectivity index is 1.30. The number of hydrogen-bond donors (Lipinski definition) is 2. The summed E-state index contributed by atoms with van der Waals surface area (Å²) in [7, 11) is 1.76. The Morgan fingerprint density at radius 3 is 2.57 bits per heavy atom. The standard InChI is InChI=1S/C34H34N6O2/c1-38(22-28-11-7-8-16-36-28)33(41)30-12-5-6-13-31(30)34(42)40-18-17-39(23-29-20-35-24-37-29)32-15-14-26(19-27(32)21-40)25-9-3-2-4-10-25/h2-16,19-20,24,34,42H,17-18,21-23H2,1H3,(H,35,37). The number of H-pyrrole nitrogens is 1. The lowest BCUT2D eigenvalue weighted by molar-refractivity contribution is -0.00189. The molecule has 42 heavy (non-hydrogen) atoms. The third kappa shape index (κ3) is 5.95. The number of aromatic amines is 1. The number of aliphatic hydroxyl groups excluding tert-OH is 1. The maximum atomic E-state index is 13.6. The quantitative estimate of drug-likeness (QED) is 0.270. The van der Waals surface area contributed by atoms with Crippen molar-refractivity contribution in [3.63, 3.8) is 0 Å². The molecule has 5 aromatic rings. The Hall–Kier alpha value is -4.79. The molecular weight excluding hydrogens is 524 g/mol. The summed E-state index contributed by atoms with van der Waals surface area (Å²) in [6, 6.07) is 29.9. The van der Waals surface area contributed by atoms with Crippen LogP contribution in [0.15, 0.2) is 110 Å². The topological polar surface area (TPSA) is 88.6 Å².